The predicted octanol–water partition coefficient (Wildman–Crippen LogP) is 2.61. The van der Waals surface area contributed by atoms with Crippen molar-refractivity contribution in [1.82, 2.24) is 29.5 Å². The topological polar surface area (TPSA) is 191 Å². The minimum absolute atomic E-state index is 0.166. The largest absolute Gasteiger partial charge is 0.474 e. The number of fused-ring (bicyclic) bond motifs is 4. The van der Waals surface area contributed by atoms with Crippen molar-refractivity contribution in [3.63, 3.8) is 0 Å². The molecule has 240 valence electrons. The first-order valence-corrected chi connectivity index (χ1v) is 19.3. The van der Waals surface area contributed by atoms with Gasteiger partial charge in [0.25, 0.3) is 5.56 Å². The molecule has 2 aliphatic heterocycles. The van der Waals surface area contributed by atoms with Gasteiger partial charge in [0.2, 0.25) is 17.5 Å². The summed E-state index contributed by atoms with van der Waals surface area (Å²) >= 11 is 15.0. The van der Waals surface area contributed by atoms with Gasteiger partial charge in [-0.05, 0) is 30.0 Å². The van der Waals surface area contributed by atoms with E-state index < -0.39 is 73.2 Å². The van der Waals surface area contributed by atoms with E-state index in [0.29, 0.717) is 12.3 Å². The zero-order chi connectivity index (χ0) is 31.4. The Morgan fingerprint density at radius 3 is 2.70 bits per heavy atom. The molecule has 2 unspecified atom stereocenters. The van der Waals surface area contributed by atoms with E-state index in [4.69, 9.17) is 56.9 Å². The summed E-state index contributed by atoms with van der Waals surface area (Å²) in [7, 11) is 0. The van der Waals surface area contributed by atoms with Gasteiger partial charge in [0.15, 0.2) is 17.4 Å². The summed E-state index contributed by atoms with van der Waals surface area (Å²) in [6.07, 6.45) is -6.94. The highest BCUT2D eigenvalue weighted by atomic mass is 32.9. The molecule has 3 aromatic heterocycles. The Bertz CT molecular complexity index is 1690. The molecule has 0 spiro atoms. The second-order valence-corrected chi connectivity index (χ2v) is 18.2. The van der Waals surface area contributed by atoms with Crippen molar-refractivity contribution in [2.24, 2.45) is 11.8 Å². The summed E-state index contributed by atoms with van der Waals surface area (Å²) in [4.78, 5) is 41.4. The fourth-order valence-corrected chi connectivity index (χ4v) is 8.94. The maximum Gasteiger partial charge on any atom is 0.397 e. The molecule has 44 heavy (non-hydrogen) atoms. The van der Waals surface area contributed by atoms with E-state index in [1.165, 1.54) is 12.5 Å². The molecule has 0 radical (unpaired) electrons. The number of hydrogen-bond acceptors (Lipinski definition) is 14. The average Bonchev–Trinajstić information content (AvgIpc) is 3.61. The lowest BCUT2D eigenvalue weighted by Crippen LogP contribution is -2.41. The van der Waals surface area contributed by atoms with Crippen LogP contribution in [-0.4, -0.2) is 78.2 Å². The zero-order valence-electron chi connectivity index (χ0n) is 22.1. The number of H-pyrrole nitrogens is 1. The molecule has 2 bridgehead atoms. The molecule has 6 rings (SSSR count). The van der Waals surface area contributed by atoms with Gasteiger partial charge in [0, 0.05) is 24.6 Å². The number of nitrogen functional groups attached to an aromatic ring is 1. The maximum absolute atomic E-state index is 14.7. The number of aromatic amines is 1. The molecule has 1 aliphatic carbocycles. The minimum Gasteiger partial charge on any atom is -0.474 e. The van der Waals surface area contributed by atoms with Crippen molar-refractivity contribution in [2.45, 2.75) is 49.7 Å². The number of nitrogens with zero attached hydrogens (tertiary/aromatic N) is 5. The Hall–Kier alpha value is -1.77. The van der Waals surface area contributed by atoms with Crippen molar-refractivity contribution in [3.05, 3.63) is 35.3 Å². The molecular weight excluding hydrogens is 693 g/mol. The van der Waals surface area contributed by atoms with Crippen molar-refractivity contribution in [3.8, 4) is 5.88 Å². The van der Waals surface area contributed by atoms with Gasteiger partial charge in [-0.3, -0.25) is 14.3 Å². The molecule has 9 atom stereocenters. The van der Waals surface area contributed by atoms with Gasteiger partial charge in [-0.1, -0.05) is 12.2 Å². The summed E-state index contributed by atoms with van der Waals surface area (Å²) in [6.45, 7) is -5.13. The summed E-state index contributed by atoms with van der Waals surface area (Å²) < 4.78 is 79.7. The summed E-state index contributed by atoms with van der Waals surface area (Å²) in [5.41, 5.74) is 0.862. The molecule has 3 aromatic rings. The monoisotopic (exact) mass is 717 g/mol. The van der Waals surface area contributed by atoms with Gasteiger partial charge in [0.1, 0.15) is 24.5 Å². The fraction of sp³-hybridized carbons (Fsp3) is 0.571. The van der Waals surface area contributed by atoms with E-state index in [0.717, 1.165) is 10.9 Å². The normalized spacial score (nSPS) is 36.7. The number of anilines is 1. The first kappa shape index (κ1) is 32.2. The van der Waals surface area contributed by atoms with Crippen LogP contribution in [0.15, 0.2) is 29.7 Å². The number of aromatic nitrogens is 6. The molecule has 5 heterocycles. The second-order valence-electron chi connectivity index (χ2n) is 10.2. The van der Waals surface area contributed by atoms with Crippen molar-refractivity contribution in [2.75, 3.05) is 18.9 Å². The van der Waals surface area contributed by atoms with Crippen LogP contribution in [0.5, 0.6) is 5.88 Å². The van der Waals surface area contributed by atoms with Crippen LogP contribution in [0.25, 0.3) is 11.2 Å². The van der Waals surface area contributed by atoms with Gasteiger partial charge in [-0.2, -0.15) is 18.2 Å². The van der Waals surface area contributed by atoms with E-state index in [9.17, 15) is 22.9 Å². The van der Waals surface area contributed by atoms with E-state index in [2.05, 4.69) is 37.2 Å². The van der Waals surface area contributed by atoms with Crippen LogP contribution in [0.4, 0.5) is 19.1 Å². The molecule has 3 fully saturated rings. The van der Waals surface area contributed by atoms with E-state index in [1.54, 1.807) is 6.07 Å². The molecule has 0 aromatic carbocycles. The SMILES string of the molecule is Nc1nc2c(ncn2[C@@H]2O[C@@H]3COP(O)(=S)O[C@H]4C[C@H](Oc5ccncn5)C[C@@H]4COP(=S)(S)O[C@@H]2[C@@H]3C(F)(F)F)c(=O)[nH]1. The Balaban J connectivity index is 1.33. The van der Waals surface area contributed by atoms with Gasteiger partial charge in [0.05, 0.1) is 31.7 Å². The van der Waals surface area contributed by atoms with Crippen LogP contribution in [0.3, 0.4) is 0 Å². The number of halogens is 3. The number of hydrogen-bond donors (Lipinski definition) is 4. The number of nitrogens with two attached hydrogens (primary N) is 1. The minimum atomic E-state index is -4.93. The highest BCUT2D eigenvalue weighted by molar-refractivity contribution is 8.60. The molecule has 2 saturated heterocycles. The second kappa shape index (κ2) is 12.1. The molecule has 23 heteroatoms. The summed E-state index contributed by atoms with van der Waals surface area (Å²) in [5.74, 6) is -2.85. The average molecular weight is 718 g/mol. The van der Waals surface area contributed by atoms with Gasteiger partial charge in [-0.15, -0.1) is 0 Å². The number of alkyl halides is 3. The van der Waals surface area contributed by atoms with Crippen LogP contribution in [0.2, 0.25) is 0 Å². The highest BCUT2D eigenvalue weighted by Crippen LogP contribution is 2.61. The third-order valence-electron chi connectivity index (χ3n) is 7.26. The van der Waals surface area contributed by atoms with Crippen LogP contribution in [0.1, 0.15) is 19.1 Å². The molecule has 1 saturated carbocycles. The molecule has 15 nitrogen and oxygen atoms in total. The van der Waals surface area contributed by atoms with E-state index in [-0.39, 0.29) is 30.1 Å². The van der Waals surface area contributed by atoms with E-state index >= 15 is 0 Å². The maximum atomic E-state index is 14.7. The fourth-order valence-electron chi connectivity index (χ4n) is 5.44. The van der Waals surface area contributed by atoms with Crippen LogP contribution >= 0.6 is 24.7 Å². The van der Waals surface area contributed by atoms with Crippen molar-refractivity contribution in [1.29, 1.82) is 0 Å². The molecular formula is C21H24F3N7O8P2S3. The lowest BCUT2D eigenvalue weighted by molar-refractivity contribution is -0.202. The van der Waals surface area contributed by atoms with Crippen LogP contribution < -0.4 is 16.0 Å². The summed E-state index contributed by atoms with van der Waals surface area (Å²) in [6, 6.07) is 1.57. The Morgan fingerprint density at radius 1 is 1.18 bits per heavy atom. The molecule has 3 aliphatic rings. The zero-order valence-corrected chi connectivity index (χ0v) is 26.4. The van der Waals surface area contributed by atoms with Gasteiger partial charge < -0.3 is 38.2 Å². The first-order valence-electron chi connectivity index (χ1n) is 12.9. The number of imidazole rings is 1. The Morgan fingerprint density at radius 2 is 1.98 bits per heavy atom. The van der Waals surface area contributed by atoms with Crippen molar-refractivity contribution < 1.29 is 45.6 Å². The van der Waals surface area contributed by atoms with Gasteiger partial charge in [-0.25, -0.2) is 15.0 Å². The van der Waals surface area contributed by atoms with Crippen molar-refractivity contribution >= 4 is 65.4 Å². The smallest absolute Gasteiger partial charge is 0.397 e. The number of rotatable bonds is 3. The van der Waals surface area contributed by atoms with Crippen LogP contribution in [-0.2, 0) is 46.4 Å². The highest BCUT2D eigenvalue weighted by Gasteiger charge is 2.61. The predicted molar refractivity (Wildman–Crippen MR) is 157 cm³/mol. The van der Waals surface area contributed by atoms with Gasteiger partial charge >= 0.3 is 12.9 Å². The lowest BCUT2D eigenvalue weighted by Gasteiger charge is -2.30. The summed E-state index contributed by atoms with van der Waals surface area (Å²) in [5, 5.41) is 0. The lowest BCUT2D eigenvalue weighted by atomic mass is 9.97. The number of ether oxygens (including phenoxy) is 2. The van der Waals surface area contributed by atoms with Crippen LogP contribution in [0, 0.1) is 11.8 Å². The molecule has 4 N–H and O–H groups in total. The third kappa shape index (κ3) is 6.83. The van der Waals surface area contributed by atoms with E-state index in [1.807, 2.05) is 0 Å². The first-order chi connectivity index (χ1) is 20.7. The third-order valence-corrected chi connectivity index (χ3v) is 11.0. The molecule has 0 amide bonds. The number of nitrogens with one attached hydrogen (secondary N) is 1. The Labute approximate surface area is 261 Å². The number of thiol groups is 1. The Kier molecular flexibility index (Phi) is 8.86. The quantitative estimate of drug-likeness (QED) is 0.228. The standard InChI is InChI=1S/C21H24F3N7O8P2S3/c22-21(23,24)14-12-6-34-40(33,42)38-11-4-10(36-13-1-2-26-7-27-13)3-9(11)5-35-41(43,44)39-16(14)19(37-12)31-8-28-15-17(31)29-20(25)30-18(15)32/h1-2,7-12,14,16,19H,3-6H2,(H,33,42)(H,43,44)(H3,25,29,30,32)/t9-,10-,11+,12-,14-,16-,19-,40?/m1/s1.